The Labute approximate surface area is 220 Å². The second-order valence-electron chi connectivity index (χ2n) is 7.29. The Morgan fingerprint density at radius 3 is 2.47 bits per heavy atom. The zero-order valence-corrected chi connectivity index (χ0v) is 21.4. The number of sulfonamides is 1. The van der Waals surface area contributed by atoms with Gasteiger partial charge in [0.05, 0.1) is 4.90 Å². The monoisotopic (exact) mass is 505 g/mol. The molecule has 0 spiro atoms. The van der Waals surface area contributed by atoms with E-state index in [0.29, 0.717) is 23.7 Å². The number of hydrogen-bond donors (Lipinski definition) is 1. The summed E-state index contributed by atoms with van der Waals surface area (Å²) in [6.07, 6.45) is 2.83. The molecule has 0 radical (unpaired) electrons. The number of aromatic nitrogens is 1. The van der Waals surface area contributed by atoms with Crippen LogP contribution in [0.2, 0.25) is 0 Å². The van der Waals surface area contributed by atoms with E-state index in [1.807, 2.05) is 24.3 Å². The molecule has 4 aromatic rings. The number of benzene rings is 2. The Hall–Kier alpha value is -2.63. The normalized spacial score (nSPS) is 12.6. The predicted octanol–water partition coefficient (Wildman–Crippen LogP) is 2.40. The first-order chi connectivity index (χ1) is 15.8. The standard InChI is InChI=1S/C23H14F2N3O3S2.Na/c24-16-2-6-22(19(25)9-16)33(30,31)28-17-8-15(10-26-12-17)21-5-4-20(32-21)13-1-3-18-14(7-13)11-27-23(18)29;/h1-10,12H,11H2,(H,27,29);/q-1;+1. The molecular weight excluding hydrogens is 491 g/mol. The average molecular weight is 506 g/mol. The average Bonchev–Trinajstić information content (AvgIpc) is 3.40. The maximum atomic E-state index is 13.9. The molecule has 2 aromatic carbocycles. The van der Waals surface area contributed by atoms with Gasteiger partial charge in [0.15, 0.2) is 0 Å². The molecule has 0 saturated heterocycles. The number of halogens is 2. The fourth-order valence-electron chi connectivity index (χ4n) is 3.52. The van der Waals surface area contributed by atoms with Crippen LogP contribution in [0.25, 0.3) is 25.6 Å². The minimum absolute atomic E-state index is 0. The van der Waals surface area contributed by atoms with Crippen molar-refractivity contribution < 1.29 is 51.6 Å². The van der Waals surface area contributed by atoms with Gasteiger partial charge in [0.2, 0.25) is 0 Å². The van der Waals surface area contributed by atoms with Gasteiger partial charge in [-0.2, -0.15) is 0 Å². The van der Waals surface area contributed by atoms with Crippen molar-refractivity contribution in [3.8, 4) is 20.9 Å². The second kappa shape index (κ2) is 9.55. The summed E-state index contributed by atoms with van der Waals surface area (Å²) in [7, 11) is -4.39. The van der Waals surface area contributed by atoms with Crippen molar-refractivity contribution in [2.45, 2.75) is 11.4 Å². The Morgan fingerprint density at radius 2 is 1.71 bits per heavy atom. The first-order valence-electron chi connectivity index (χ1n) is 9.70. The summed E-state index contributed by atoms with van der Waals surface area (Å²) in [5.41, 5.74) is 3.24. The number of amides is 1. The fourth-order valence-corrected chi connectivity index (χ4v) is 5.52. The Morgan fingerprint density at radius 1 is 0.941 bits per heavy atom. The number of carbonyl (C=O) groups excluding carboxylic acids is 1. The summed E-state index contributed by atoms with van der Waals surface area (Å²) in [5, 5.41) is 2.79. The smallest absolute Gasteiger partial charge is 0.571 e. The van der Waals surface area contributed by atoms with E-state index in [2.05, 4.69) is 15.0 Å². The minimum atomic E-state index is -4.39. The van der Waals surface area contributed by atoms with Crippen LogP contribution in [0.1, 0.15) is 15.9 Å². The van der Waals surface area contributed by atoms with E-state index in [4.69, 9.17) is 0 Å². The molecule has 2 aromatic heterocycles. The maximum absolute atomic E-state index is 13.9. The third-order valence-corrected chi connectivity index (χ3v) is 7.61. The molecule has 1 aliphatic rings. The molecule has 166 valence electrons. The number of nitrogens with one attached hydrogen (secondary N) is 1. The summed E-state index contributed by atoms with van der Waals surface area (Å²) < 4.78 is 55.7. The van der Waals surface area contributed by atoms with Crippen LogP contribution in [-0.2, 0) is 16.6 Å². The van der Waals surface area contributed by atoms with Crippen LogP contribution in [0.3, 0.4) is 0 Å². The van der Waals surface area contributed by atoms with Crippen molar-refractivity contribution in [2.24, 2.45) is 0 Å². The number of hydrogen-bond acceptors (Lipinski definition) is 5. The van der Waals surface area contributed by atoms with E-state index in [9.17, 15) is 22.0 Å². The van der Waals surface area contributed by atoms with Crippen LogP contribution in [0.15, 0.2) is 71.9 Å². The summed E-state index contributed by atoms with van der Waals surface area (Å²) >= 11 is 1.47. The van der Waals surface area contributed by atoms with Crippen molar-refractivity contribution in [3.63, 3.8) is 0 Å². The van der Waals surface area contributed by atoms with Crippen LogP contribution in [0, 0.1) is 11.6 Å². The number of thiophene rings is 1. The molecule has 11 heteroatoms. The Kier molecular flexibility index (Phi) is 6.88. The van der Waals surface area contributed by atoms with Crippen LogP contribution < -0.4 is 34.9 Å². The summed E-state index contributed by atoms with van der Waals surface area (Å²) in [5.74, 6) is -2.17. The molecule has 5 rings (SSSR count). The first kappa shape index (κ1) is 24.5. The molecule has 34 heavy (non-hydrogen) atoms. The first-order valence-corrected chi connectivity index (χ1v) is 12.0. The van der Waals surface area contributed by atoms with E-state index in [-0.39, 0.29) is 41.2 Å². The fraction of sp³-hybridized carbons (Fsp3) is 0.0435. The molecule has 0 bridgehead atoms. The van der Waals surface area contributed by atoms with Crippen LogP contribution >= 0.6 is 11.3 Å². The van der Waals surface area contributed by atoms with Gasteiger partial charge in [0.25, 0.3) is 5.91 Å². The molecule has 0 aliphatic carbocycles. The number of rotatable bonds is 5. The Balaban J connectivity index is 0.00000274. The van der Waals surface area contributed by atoms with Crippen molar-refractivity contribution in [1.82, 2.24) is 10.3 Å². The van der Waals surface area contributed by atoms with Gasteiger partial charge < -0.3 is 10.0 Å². The number of carbonyl (C=O) groups is 1. The number of nitrogens with zero attached hydrogens (tertiary/aromatic N) is 2. The summed E-state index contributed by atoms with van der Waals surface area (Å²) in [4.78, 5) is 16.9. The van der Waals surface area contributed by atoms with Gasteiger partial charge in [-0.15, -0.1) is 17.0 Å². The van der Waals surface area contributed by atoms with Gasteiger partial charge in [-0.1, -0.05) is 12.1 Å². The molecular formula is C23H14F2N3NaO3S2. The van der Waals surface area contributed by atoms with E-state index >= 15 is 0 Å². The third-order valence-electron chi connectivity index (χ3n) is 5.09. The summed E-state index contributed by atoms with van der Waals surface area (Å²) in [6, 6.07) is 13.2. The molecule has 0 fully saturated rings. The molecule has 6 nitrogen and oxygen atoms in total. The van der Waals surface area contributed by atoms with Crippen molar-refractivity contribution in [1.29, 1.82) is 0 Å². The molecule has 1 amide bonds. The van der Waals surface area contributed by atoms with E-state index < -0.39 is 26.6 Å². The van der Waals surface area contributed by atoms with Crippen LogP contribution in [0.5, 0.6) is 0 Å². The minimum Gasteiger partial charge on any atom is -0.571 e. The number of fused-ring (bicyclic) bond motifs is 1. The van der Waals surface area contributed by atoms with Gasteiger partial charge >= 0.3 is 29.6 Å². The van der Waals surface area contributed by atoms with Crippen LogP contribution in [0.4, 0.5) is 14.5 Å². The van der Waals surface area contributed by atoms with E-state index in [0.717, 1.165) is 33.0 Å². The molecule has 0 unspecified atom stereocenters. The third kappa shape index (κ3) is 4.77. The zero-order valence-electron chi connectivity index (χ0n) is 17.7. The van der Waals surface area contributed by atoms with Gasteiger partial charge in [0.1, 0.15) is 21.7 Å². The molecule has 1 aliphatic heterocycles. The molecule has 0 saturated carbocycles. The second-order valence-corrected chi connectivity index (χ2v) is 9.95. The SMILES string of the molecule is O=C1NCc2cc(-c3ccc(-c4cncc([N-]S(=O)(=O)c5ccc(F)cc5F)c4)s3)ccc21.[Na+]. The predicted molar refractivity (Wildman–Crippen MR) is 121 cm³/mol. The zero-order chi connectivity index (χ0) is 23.2. The van der Waals surface area contributed by atoms with Gasteiger partial charge in [0, 0.05) is 45.9 Å². The molecule has 0 atom stereocenters. The molecule has 1 N–H and O–H groups in total. The quantitative estimate of drug-likeness (QED) is 0.422. The van der Waals surface area contributed by atoms with Gasteiger partial charge in [-0.3, -0.25) is 9.78 Å². The van der Waals surface area contributed by atoms with Gasteiger partial charge in [-0.05, 0) is 47.5 Å². The van der Waals surface area contributed by atoms with Crippen molar-refractivity contribution >= 4 is 33.0 Å². The van der Waals surface area contributed by atoms with Crippen molar-refractivity contribution in [2.75, 3.05) is 0 Å². The van der Waals surface area contributed by atoms with E-state index in [1.54, 1.807) is 12.3 Å². The van der Waals surface area contributed by atoms with Crippen molar-refractivity contribution in [3.05, 3.63) is 94.5 Å². The largest absolute Gasteiger partial charge is 1.00 e. The Bertz CT molecular complexity index is 1520. The maximum Gasteiger partial charge on any atom is 1.00 e. The van der Waals surface area contributed by atoms with Gasteiger partial charge in [-0.25, -0.2) is 17.2 Å². The summed E-state index contributed by atoms with van der Waals surface area (Å²) in [6.45, 7) is 0.497. The topological polar surface area (TPSA) is 90.2 Å². The number of pyridine rings is 1. The van der Waals surface area contributed by atoms with E-state index in [1.165, 1.54) is 23.6 Å². The van der Waals surface area contributed by atoms with Crippen LogP contribution in [-0.4, -0.2) is 19.3 Å². The molecule has 3 heterocycles.